The minimum atomic E-state index is 0.737. The van der Waals surface area contributed by atoms with Gasteiger partial charge in [0, 0.05) is 0 Å². The van der Waals surface area contributed by atoms with Crippen molar-refractivity contribution >= 4 is 11.1 Å². The zero-order valence-electron chi connectivity index (χ0n) is 15.4. The van der Waals surface area contributed by atoms with Crippen molar-refractivity contribution in [2.45, 2.75) is 66.7 Å². The van der Waals surface area contributed by atoms with Gasteiger partial charge in [-0.1, -0.05) is 36.8 Å². The molecule has 0 saturated heterocycles. The van der Waals surface area contributed by atoms with Gasteiger partial charge in [-0.05, 0) is 105 Å². The topological polar surface area (TPSA) is 0 Å². The lowest BCUT2D eigenvalue weighted by Crippen LogP contribution is -2.09. The van der Waals surface area contributed by atoms with Crippen LogP contribution in [0.3, 0.4) is 0 Å². The van der Waals surface area contributed by atoms with Crippen molar-refractivity contribution in [3.05, 3.63) is 57.7 Å². The maximum Gasteiger partial charge on any atom is -0.0157 e. The van der Waals surface area contributed by atoms with Gasteiger partial charge in [-0.3, -0.25) is 0 Å². The van der Waals surface area contributed by atoms with Crippen molar-refractivity contribution in [1.82, 2.24) is 0 Å². The van der Waals surface area contributed by atoms with Crippen LogP contribution >= 0.6 is 0 Å². The highest BCUT2D eigenvalue weighted by Gasteiger charge is 2.21. The molecule has 0 radical (unpaired) electrons. The van der Waals surface area contributed by atoms with Crippen LogP contribution in [0.2, 0.25) is 0 Å². The van der Waals surface area contributed by atoms with Crippen LogP contribution in [0.4, 0.5) is 0 Å². The van der Waals surface area contributed by atoms with Crippen molar-refractivity contribution in [3.8, 4) is 0 Å². The van der Waals surface area contributed by atoms with Gasteiger partial charge >= 0.3 is 0 Å². The predicted octanol–water partition coefficient (Wildman–Crippen LogP) is 7.02. The van der Waals surface area contributed by atoms with E-state index in [1.807, 2.05) is 0 Å². The second-order valence-corrected chi connectivity index (χ2v) is 7.49. The third kappa shape index (κ3) is 2.96. The largest absolute Gasteiger partial charge is 0.0839 e. The average Bonchev–Trinajstić information content (AvgIpc) is 2.53. The Morgan fingerprint density at radius 1 is 0.957 bits per heavy atom. The highest BCUT2D eigenvalue weighted by atomic mass is 14.3. The summed E-state index contributed by atoms with van der Waals surface area (Å²) in [6.45, 7) is 11.6. The fourth-order valence-corrected chi connectivity index (χ4v) is 4.39. The lowest BCUT2D eigenvalue weighted by molar-refractivity contribution is 0.561. The van der Waals surface area contributed by atoms with Gasteiger partial charge in [0.25, 0.3) is 0 Å². The van der Waals surface area contributed by atoms with E-state index in [0.29, 0.717) is 0 Å². The standard InChI is InChI=1S/C23H30/c1-15-10-8-12-21(18(15)4)22-14-13-17(3)23(19(22)5)20-11-7-6-9-16(20)2/h6,9,13-15H,7-8,10-12H2,1-5H3. The Kier molecular flexibility index (Phi) is 4.62. The van der Waals surface area contributed by atoms with E-state index < -0.39 is 0 Å². The van der Waals surface area contributed by atoms with E-state index in [2.05, 4.69) is 58.9 Å². The molecular weight excluding hydrogens is 276 g/mol. The number of allylic oxidation sites excluding steroid dienone is 6. The summed E-state index contributed by atoms with van der Waals surface area (Å²) in [5, 5.41) is 0. The van der Waals surface area contributed by atoms with E-state index in [-0.39, 0.29) is 0 Å². The monoisotopic (exact) mass is 306 g/mol. The first kappa shape index (κ1) is 16.3. The van der Waals surface area contributed by atoms with E-state index in [9.17, 15) is 0 Å². The van der Waals surface area contributed by atoms with Crippen LogP contribution in [0.5, 0.6) is 0 Å². The Hall–Kier alpha value is -1.56. The summed E-state index contributed by atoms with van der Waals surface area (Å²) in [4.78, 5) is 0. The first-order valence-corrected chi connectivity index (χ1v) is 9.17. The van der Waals surface area contributed by atoms with Gasteiger partial charge in [0.15, 0.2) is 0 Å². The molecule has 3 rings (SSSR count). The molecule has 1 aromatic carbocycles. The highest BCUT2D eigenvalue weighted by Crippen LogP contribution is 2.40. The Balaban J connectivity index is 2.17. The molecule has 1 aromatic rings. The second kappa shape index (κ2) is 6.51. The minimum absolute atomic E-state index is 0.737. The van der Waals surface area contributed by atoms with Crippen LogP contribution < -0.4 is 0 Å². The fourth-order valence-electron chi connectivity index (χ4n) is 4.39. The van der Waals surface area contributed by atoms with Crippen LogP contribution in [0.1, 0.15) is 75.1 Å². The molecule has 0 heteroatoms. The molecule has 1 unspecified atom stereocenters. The molecule has 0 saturated carbocycles. The van der Waals surface area contributed by atoms with E-state index in [1.54, 1.807) is 16.7 Å². The Labute approximate surface area is 142 Å². The normalized spacial score (nSPS) is 22.0. The maximum atomic E-state index is 2.39. The molecule has 2 aliphatic rings. The quantitative estimate of drug-likeness (QED) is 0.550. The van der Waals surface area contributed by atoms with Crippen molar-refractivity contribution in [3.63, 3.8) is 0 Å². The molecule has 2 aliphatic carbocycles. The van der Waals surface area contributed by atoms with Gasteiger partial charge in [0.05, 0.1) is 0 Å². The summed E-state index contributed by atoms with van der Waals surface area (Å²) in [7, 11) is 0. The van der Waals surface area contributed by atoms with Crippen molar-refractivity contribution in [2.75, 3.05) is 0 Å². The molecule has 0 heterocycles. The molecule has 0 bridgehead atoms. The van der Waals surface area contributed by atoms with Gasteiger partial charge in [0.2, 0.25) is 0 Å². The van der Waals surface area contributed by atoms with Gasteiger partial charge in [0.1, 0.15) is 0 Å². The highest BCUT2D eigenvalue weighted by molar-refractivity contribution is 5.81. The molecule has 1 atom stereocenters. The van der Waals surface area contributed by atoms with Crippen molar-refractivity contribution < 1.29 is 0 Å². The molecule has 0 aliphatic heterocycles. The van der Waals surface area contributed by atoms with Crippen LogP contribution in [-0.2, 0) is 0 Å². The number of hydrogen-bond donors (Lipinski definition) is 0. The van der Waals surface area contributed by atoms with Crippen molar-refractivity contribution in [2.24, 2.45) is 5.92 Å². The molecule has 23 heavy (non-hydrogen) atoms. The molecule has 0 nitrogen and oxygen atoms in total. The van der Waals surface area contributed by atoms with Gasteiger partial charge < -0.3 is 0 Å². The maximum absolute atomic E-state index is 2.39. The Morgan fingerprint density at radius 2 is 1.74 bits per heavy atom. The summed E-state index contributed by atoms with van der Waals surface area (Å²) in [5.74, 6) is 0.737. The molecule has 0 N–H and O–H groups in total. The fraction of sp³-hybridized carbons (Fsp3) is 0.478. The lowest BCUT2D eigenvalue weighted by Gasteiger charge is -2.27. The summed E-state index contributed by atoms with van der Waals surface area (Å²) in [6.07, 6.45) is 10.9. The second-order valence-electron chi connectivity index (χ2n) is 7.49. The van der Waals surface area contributed by atoms with Crippen LogP contribution in [-0.4, -0.2) is 0 Å². The third-order valence-electron chi connectivity index (χ3n) is 5.98. The van der Waals surface area contributed by atoms with Crippen molar-refractivity contribution in [1.29, 1.82) is 0 Å². The molecule has 0 amide bonds. The predicted molar refractivity (Wildman–Crippen MR) is 102 cm³/mol. The van der Waals surface area contributed by atoms with E-state index in [1.165, 1.54) is 59.9 Å². The lowest BCUT2D eigenvalue weighted by atomic mass is 9.78. The number of hydrogen-bond acceptors (Lipinski definition) is 0. The average molecular weight is 306 g/mol. The zero-order valence-corrected chi connectivity index (χ0v) is 15.4. The summed E-state index contributed by atoms with van der Waals surface area (Å²) < 4.78 is 0. The summed E-state index contributed by atoms with van der Waals surface area (Å²) in [6, 6.07) is 4.72. The van der Waals surface area contributed by atoms with Crippen LogP contribution in [0.25, 0.3) is 11.1 Å². The van der Waals surface area contributed by atoms with Gasteiger partial charge in [-0.25, -0.2) is 0 Å². The minimum Gasteiger partial charge on any atom is -0.0839 e. The van der Waals surface area contributed by atoms with Crippen LogP contribution in [0.15, 0.2) is 35.4 Å². The number of aryl methyl sites for hydroxylation is 1. The molecule has 0 fully saturated rings. The number of rotatable bonds is 2. The zero-order chi connectivity index (χ0) is 16.6. The molecule has 0 aromatic heterocycles. The summed E-state index contributed by atoms with van der Waals surface area (Å²) in [5.41, 5.74) is 12.2. The van der Waals surface area contributed by atoms with E-state index in [0.717, 1.165) is 5.92 Å². The molecule has 122 valence electrons. The third-order valence-corrected chi connectivity index (χ3v) is 5.98. The Morgan fingerprint density at radius 3 is 2.48 bits per heavy atom. The number of benzene rings is 1. The smallest absolute Gasteiger partial charge is 0.0157 e. The first-order valence-electron chi connectivity index (χ1n) is 9.17. The summed E-state index contributed by atoms with van der Waals surface area (Å²) >= 11 is 0. The first-order chi connectivity index (χ1) is 11.0. The van der Waals surface area contributed by atoms with Crippen LogP contribution in [0, 0.1) is 19.8 Å². The Bertz CT molecular complexity index is 710. The molecular formula is C23H30. The van der Waals surface area contributed by atoms with E-state index in [4.69, 9.17) is 0 Å². The SMILES string of the molecule is CC1=C(c2c(C)ccc(C3=C(C)C(C)CCC3)c2C)CCC=C1. The molecule has 0 spiro atoms. The van der Waals surface area contributed by atoms with Gasteiger partial charge in [-0.2, -0.15) is 0 Å². The van der Waals surface area contributed by atoms with E-state index >= 15 is 0 Å². The van der Waals surface area contributed by atoms with Gasteiger partial charge in [-0.15, -0.1) is 0 Å².